The summed E-state index contributed by atoms with van der Waals surface area (Å²) in [7, 11) is 0. The SMILES string of the molecule is C[C@@H](C(=O)Nc1cccc(F)c1)N1CCN(c2ccccc2O)CC1. The molecule has 25 heavy (non-hydrogen) atoms. The second-order valence-electron chi connectivity index (χ2n) is 6.19. The van der Waals surface area contributed by atoms with E-state index >= 15 is 0 Å². The van der Waals surface area contributed by atoms with Crippen LogP contribution in [0.2, 0.25) is 0 Å². The van der Waals surface area contributed by atoms with Gasteiger partial charge < -0.3 is 15.3 Å². The number of hydrogen-bond donors (Lipinski definition) is 2. The zero-order chi connectivity index (χ0) is 17.8. The first kappa shape index (κ1) is 17.2. The van der Waals surface area contributed by atoms with E-state index in [2.05, 4.69) is 15.1 Å². The van der Waals surface area contributed by atoms with Crippen molar-refractivity contribution in [2.75, 3.05) is 36.4 Å². The second kappa shape index (κ2) is 7.53. The number of carbonyl (C=O) groups excluding carboxylic acids is 1. The molecule has 1 saturated heterocycles. The van der Waals surface area contributed by atoms with Crippen molar-refractivity contribution in [3.05, 3.63) is 54.3 Å². The lowest BCUT2D eigenvalue weighted by Crippen LogP contribution is -2.52. The van der Waals surface area contributed by atoms with Gasteiger partial charge in [0, 0.05) is 31.9 Å². The first-order chi connectivity index (χ1) is 12.0. The molecule has 3 rings (SSSR count). The van der Waals surface area contributed by atoms with Gasteiger partial charge in [0.15, 0.2) is 0 Å². The molecule has 0 aromatic heterocycles. The van der Waals surface area contributed by atoms with Gasteiger partial charge in [-0.15, -0.1) is 0 Å². The standard InChI is InChI=1S/C19H22FN3O2/c1-14(19(25)21-16-6-4-5-15(20)13-16)22-9-11-23(12-10-22)17-7-2-3-8-18(17)24/h2-8,13-14,24H,9-12H2,1H3,(H,21,25)/t14-/m0/s1. The van der Waals surface area contributed by atoms with Gasteiger partial charge in [-0.25, -0.2) is 4.39 Å². The Morgan fingerprint density at radius 3 is 2.52 bits per heavy atom. The maximum absolute atomic E-state index is 13.2. The third-order valence-electron chi connectivity index (χ3n) is 4.56. The van der Waals surface area contributed by atoms with Gasteiger partial charge in [0.25, 0.3) is 0 Å². The van der Waals surface area contributed by atoms with Crippen molar-refractivity contribution in [3.63, 3.8) is 0 Å². The van der Waals surface area contributed by atoms with E-state index < -0.39 is 0 Å². The summed E-state index contributed by atoms with van der Waals surface area (Å²) in [5, 5.41) is 12.7. The van der Waals surface area contributed by atoms with Gasteiger partial charge in [-0.05, 0) is 37.3 Å². The highest BCUT2D eigenvalue weighted by Crippen LogP contribution is 2.27. The van der Waals surface area contributed by atoms with Gasteiger partial charge in [-0.3, -0.25) is 9.69 Å². The van der Waals surface area contributed by atoms with E-state index in [-0.39, 0.29) is 23.5 Å². The number of nitrogens with zero attached hydrogens (tertiary/aromatic N) is 2. The molecule has 6 heteroatoms. The number of piperazine rings is 1. The van der Waals surface area contributed by atoms with E-state index in [1.165, 1.54) is 12.1 Å². The molecule has 0 aliphatic carbocycles. The first-order valence-corrected chi connectivity index (χ1v) is 8.38. The summed E-state index contributed by atoms with van der Waals surface area (Å²) in [6.07, 6.45) is 0. The third-order valence-corrected chi connectivity index (χ3v) is 4.56. The highest BCUT2D eigenvalue weighted by Gasteiger charge is 2.26. The molecule has 0 radical (unpaired) electrons. The number of phenols is 1. The molecule has 1 atom stereocenters. The number of benzene rings is 2. The molecule has 2 aromatic rings. The number of amides is 1. The van der Waals surface area contributed by atoms with E-state index in [1.807, 2.05) is 19.1 Å². The Bertz CT molecular complexity index is 745. The third kappa shape index (κ3) is 4.09. The average molecular weight is 343 g/mol. The van der Waals surface area contributed by atoms with Gasteiger partial charge in [-0.1, -0.05) is 18.2 Å². The van der Waals surface area contributed by atoms with Crippen LogP contribution < -0.4 is 10.2 Å². The van der Waals surface area contributed by atoms with E-state index in [0.717, 1.165) is 18.8 Å². The molecule has 1 heterocycles. The van der Waals surface area contributed by atoms with Crippen molar-refractivity contribution < 1.29 is 14.3 Å². The molecular weight excluding hydrogens is 321 g/mol. The van der Waals surface area contributed by atoms with Crippen molar-refractivity contribution in [2.45, 2.75) is 13.0 Å². The minimum atomic E-state index is -0.373. The number of phenolic OH excluding ortho intramolecular Hbond substituents is 1. The lowest BCUT2D eigenvalue weighted by Gasteiger charge is -2.38. The van der Waals surface area contributed by atoms with Crippen molar-refractivity contribution in [2.24, 2.45) is 0 Å². The molecular formula is C19H22FN3O2. The van der Waals surface area contributed by atoms with Crippen molar-refractivity contribution >= 4 is 17.3 Å². The molecule has 1 fully saturated rings. The fourth-order valence-corrected chi connectivity index (χ4v) is 3.06. The van der Waals surface area contributed by atoms with Crippen LogP contribution in [0.1, 0.15) is 6.92 Å². The predicted molar refractivity (Wildman–Crippen MR) is 96.4 cm³/mol. The Morgan fingerprint density at radius 2 is 1.84 bits per heavy atom. The second-order valence-corrected chi connectivity index (χ2v) is 6.19. The summed E-state index contributed by atoms with van der Waals surface area (Å²) in [5.41, 5.74) is 1.28. The molecule has 1 aliphatic rings. The Balaban J connectivity index is 1.57. The van der Waals surface area contributed by atoms with Crippen LogP contribution in [0.5, 0.6) is 5.75 Å². The van der Waals surface area contributed by atoms with E-state index in [4.69, 9.17) is 0 Å². The van der Waals surface area contributed by atoms with Gasteiger partial charge >= 0.3 is 0 Å². The van der Waals surface area contributed by atoms with E-state index in [9.17, 15) is 14.3 Å². The summed E-state index contributed by atoms with van der Waals surface area (Å²) < 4.78 is 13.2. The Kier molecular flexibility index (Phi) is 5.19. The maximum atomic E-state index is 13.2. The number of anilines is 2. The highest BCUT2D eigenvalue weighted by atomic mass is 19.1. The van der Waals surface area contributed by atoms with E-state index in [0.29, 0.717) is 18.8 Å². The molecule has 0 saturated carbocycles. The summed E-state index contributed by atoms with van der Waals surface area (Å²) in [5.74, 6) is -0.254. The number of halogens is 1. The lowest BCUT2D eigenvalue weighted by atomic mass is 10.2. The normalized spacial score (nSPS) is 16.5. The molecule has 0 spiro atoms. The van der Waals surface area contributed by atoms with Gasteiger partial charge in [0.2, 0.25) is 5.91 Å². The molecule has 0 unspecified atom stereocenters. The highest BCUT2D eigenvalue weighted by molar-refractivity contribution is 5.94. The minimum absolute atomic E-state index is 0.151. The van der Waals surface area contributed by atoms with Crippen LogP contribution in [0.3, 0.4) is 0 Å². The predicted octanol–water partition coefficient (Wildman–Crippen LogP) is 2.68. The van der Waals surface area contributed by atoms with Crippen molar-refractivity contribution in [1.82, 2.24) is 4.90 Å². The number of hydrogen-bond acceptors (Lipinski definition) is 4. The molecule has 0 bridgehead atoms. The zero-order valence-electron chi connectivity index (χ0n) is 14.2. The summed E-state index contributed by atoms with van der Waals surface area (Å²) in [6, 6.07) is 12.9. The zero-order valence-corrected chi connectivity index (χ0v) is 14.2. The Labute approximate surface area is 146 Å². The number of aromatic hydroxyl groups is 1. The summed E-state index contributed by atoms with van der Waals surface area (Å²) in [4.78, 5) is 16.6. The number of rotatable bonds is 4. The average Bonchev–Trinajstić information content (AvgIpc) is 2.62. The quantitative estimate of drug-likeness (QED) is 0.896. The monoisotopic (exact) mass is 343 g/mol. The van der Waals surface area contributed by atoms with Crippen molar-refractivity contribution in [3.8, 4) is 5.75 Å². The van der Waals surface area contributed by atoms with E-state index in [1.54, 1.807) is 24.3 Å². The van der Waals surface area contributed by atoms with Gasteiger partial charge in [-0.2, -0.15) is 0 Å². The molecule has 132 valence electrons. The number of nitrogens with one attached hydrogen (secondary N) is 1. The maximum Gasteiger partial charge on any atom is 0.241 e. The van der Waals surface area contributed by atoms with Gasteiger partial charge in [0.1, 0.15) is 11.6 Å². The lowest BCUT2D eigenvalue weighted by molar-refractivity contribution is -0.120. The van der Waals surface area contributed by atoms with Crippen LogP contribution in [0.15, 0.2) is 48.5 Å². The first-order valence-electron chi connectivity index (χ1n) is 8.38. The Hall–Kier alpha value is -2.60. The summed E-state index contributed by atoms with van der Waals surface area (Å²) >= 11 is 0. The van der Waals surface area contributed by atoms with Crippen LogP contribution in [0, 0.1) is 5.82 Å². The largest absolute Gasteiger partial charge is 0.506 e. The van der Waals surface area contributed by atoms with Gasteiger partial charge in [0.05, 0.1) is 11.7 Å². The topological polar surface area (TPSA) is 55.8 Å². The number of carbonyl (C=O) groups is 1. The molecule has 2 aromatic carbocycles. The fraction of sp³-hybridized carbons (Fsp3) is 0.316. The van der Waals surface area contributed by atoms with Crippen LogP contribution in [-0.4, -0.2) is 48.1 Å². The van der Waals surface area contributed by atoms with Crippen LogP contribution in [0.4, 0.5) is 15.8 Å². The molecule has 1 aliphatic heterocycles. The smallest absolute Gasteiger partial charge is 0.241 e. The minimum Gasteiger partial charge on any atom is -0.506 e. The summed E-state index contributed by atoms with van der Waals surface area (Å²) in [6.45, 7) is 4.74. The Morgan fingerprint density at radius 1 is 1.12 bits per heavy atom. The molecule has 5 nitrogen and oxygen atoms in total. The number of para-hydroxylation sites is 2. The van der Waals surface area contributed by atoms with Crippen LogP contribution in [0.25, 0.3) is 0 Å². The van der Waals surface area contributed by atoms with Crippen LogP contribution in [-0.2, 0) is 4.79 Å². The van der Waals surface area contributed by atoms with Crippen LogP contribution >= 0.6 is 0 Å². The molecule has 2 N–H and O–H groups in total. The fourth-order valence-electron chi connectivity index (χ4n) is 3.06. The molecule has 1 amide bonds. The van der Waals surface area contributed by atoms with Crippen molar-refractivity contribution in [1.29, 1.82) is 0 Å².